The van der Waals surface area contributed by atoms with Gasteiger partial charge in [-0.2, -0.15) is 0 Å². The second-order valence-corrected chi connectivity index (χ2v) is 12.4. The van der Waals surface area contributed by atoms with Crippen LogP contribution in [0.1, 0.15) is 25.0 Å². The van der Waals surface area contributed by atoms with E-state index in [1.165, 1.54) is 71.6 Å². The Hall–Kier alpha value is -4.79. The van der Waals surface area contributed by atoms with Crippen LogP contribution in [-0.2, 0) is 5.41 Å². The van der Waals surface area contributed by atoms with Crippen LogP contribution in [0.3, 0.4) is 0 Å². The molecule has 0 atom stereocenters. The molecule has 1 aliphatic rings. The molecule has 2 heterocycles. The van der Waals surface area contributed by atoms with E-state index in [1.54, 1.807) is 0 Å². The fraction of sp³-hybridized carbons (Fsp3) is 0.0769. The molecule has 9 rings (SSSR count). The van der Waals surface area contributed by atoms with Crippen LogP contribution in [0.2, 0.25) is 5.02 Å². The molecular formula is C39H27ClN2. The molecule has 6 aromatic carbocycles. The third-order valence-corrected chi connectivity index (χ3v) is 9.57. The lowest BCUT2D eigenvalue weighted by Crippen LogP contribution is -2.18. The Labute approximate surface area is 249 Å². The molecule has 0 N–H and O–H groups in total. The standard InChI is InChI=1S/C39H27ClN2/c1-39(2)32-21-24(40)19-20-26(32)31-22-25(41-33-15-7-3-11-27(33)28-12-4-8-16-34(28)41)23-37(38(31)39)42-35-17-9-5-13-29(35)30-14-6-10-18-36(30)42/h3-23H,1-2H3. The molecule has 0 unspecified atom stereocenters. The van der Waals surface area contributed by atoms with E-state index in [9.17, 15) is 0 Å². The van der Waals surface area contributed by atoms with Gasteiger partial charge < -0.3 is 9.13 Å². The minimum atomic E-state index is -0.239. The van der Waals surface area contributed by atoms with Gasteiger partial charge in [0.2, 0.25) is 0 Å². The van der Waals surface area contributed by atoms with Gasteiger partial charge in [-0.25, -0.2) is 0 Å². The van der Waals surface area contributed by atoms with Gasteiger partial charge in [0, 0.05) is 37.7 Å². The Morgan fingerprint density at radius 2 is 0.976 bits per heavy atom. The van der Waals surface area contributed by atoms with E-state index in [-0.39, 0.29) is 5.41 Å². The molecule has 0 bridgehead atoms. The third-order valence-electron chi connectivity index (χ3n) is 9.33. The molecule has 42 heavy (non-hydrogen) atoms. The van der Waals surface area contributed by atoms with Crippen LogP contribution in [0, 0.1) is 0 Å². The van der Waals surface area contributed by atoms with Crippen molar-refractivity contribution in [3.05, 3.63) is 144 Å². The summed E-state index contributed by atoms with van der Waals surface area (Å²) in [6, 6.07) is 46.2. The minimum Gasteiger partial charge on any atom is -0.309 e. The number of aromatic nitrogens is 2. The van der Waals surface area contributed by atoms with E-state index in [0.717, 1.165) is 10.7 Å². The zero-order valence-electron chi connectivity index (χ0n) is 23.4. The monoisotopic (exact) mass is 558 g/mol. The highest BCUT2D eigenvalue weighted by molar-refractivity contribution is 6.30. The van der Waals surface area contributed by atoms with E-state index in [2.05, 4.69) is 144 Å². The van der Waals surface area contributed by atoms with Gasteiger partial charge in [0.25, 0.3) is 0 Å². The quantitative estimate of drug-likeness (QED) is 0.200. The molecule has 0 saturated carbocycles. The van der Waals surface area contributed by atoms with Crippen LogP contribution < -0.4 is 0 Å². The van der Waals surface area contributed by atoms with Gasteiger partial charge in [-0.1, -0.05) is 104 Å². The predicted molar refractivity (Wildman–Crippen MR) is 178 cm³/mol. The van der Waals surface area contributed by atoms with Gasteiger partial charge in [-0.05, 0) is 70.8 Å². The molecular weight excluding hydrogens is 532 g/mol. The summed E-state index contributed by atoms with van der Waals surface area (Å²) in [6.45, 7) is 4.68. The molecule has 2 nitrogen and oxygen atoms in total. The molecule has 0 amide bonds. The largest absolute Gasteiger partial charge is 0.309 e. The van der Waals surface area contributed by atoms with Gasteiger partial charge >= 0.3 is 0 Å². The average Bonchev–Trinajstić information content (AvgIpc) is 3.61. The Bertz CT molecular complexity index is 2300. The molecule has 2 aromatic heterocycles. The highest BCUT2D eigenvalue weighted by Crippen LogP contribution is 2.53. The third kappa shape index (κ3) is 3.05. The van der Waals surface area contributed by atoms with Crippen molar-refractivity contribution in [3.63, 3.8) is 0 Å². The summed E-state index contributed by atoms with van der Waals surface area (Å²) >= 11 is 6.62. The van der Waals surface area contributed by atoms with Gasteiger partial charge in [-0.15, -0.1) is 0 Å². The van der Waals surface area contributed by atoms with Gasteiger partial charge in [0.05, 0.1) is 27.8 Å². The van der Waals surface area contributed by atoms with E-state index >= 15 is 0 Å². The molecule has 0 aliphatic heterocycles. The summed E-state index contributed by atoms with van der Waals surface area (Å²) in [5, 5.41) is 5.83. The first-order valence-corrected chi connectivity index (χ1v) is 14.9. The lowest BCUT2D eigenvalue weighted by atomic mass is 9.81. The van der Waals surface area contributed by atoms with E-state index in [0.29, 0.717) is 0 Å². The Balaban J connectivity index is 1.49. The summed E-state index contributed by atoms with van der Waals surface area (Å²) in [7, 11) is 0. The lowest BCUT2D eigenvalue weighted by molar-refractivity contribution is 0.656. The summed E-state index contributed by atoms with van der Waals surface area (Å²) in [5.41, 5.74) is 12.1. The normalized spacial score (nSPS) is 13.8. The molecule has 8 aromatic rings. The maximum absolute atomic E-state index is 6.62. The van der Waals surface area contributed by atoms with Crippen LogP contribution >= 0.6 is 11.6 Å². The fourth-order valence-electron chi connectivity index (χ4n) is 7.57. The van der Waals surface area contributed by atoms with Crippen molar-refractivity contribution in [1.29, 1.82) is 0 Å². The second kappa shape index (κ2) is 8.38. The summed E-state index contributed by atoms with van der Waals surface area (Å²) in [4.78, 5) is 0. The van der Waals surface area contributed by atoms with Gasteiger partial charge in [-0.3, -0.25) is 0 Å². The SMILES string of the molecule is CC1(C)c2cc(Cl)ccc2-c2cc(-n3c4ccccc4c4ccccc43)cc(-n3c4ccccc4c4ccccc43)c21. The van der Waals surface area contributed by atoms with Crippen molar-refractivity contribution in [1.82, 2.24) is 9.13 Å². The van der Waals surface area contributed by atoms with Crippen molar-refractivity contribution in [3.8, 4) is 22.5 Å². The van der Waals surface area contributed by atoms with Crippen LogP contribution in [0.25, 0.3) is 66.1 Å². The van der Waals surface area contributed by atoms with E-state index in [4.69, 9.17) is 11.6 Å². The molecule has 0 radical (unpaired) electrons. The molecule has 0 fully saturated rings. The van der Waals surface area contributed by atoms with Crippen LogP contribution in [0.5, 0.6) is 0 Å². The predicted octanol–water partition coefficient (Wildman–Crippen LogP) is 10.8. The Kier molecular flexibility index (Phi) is 4.76. The number of hydrogen-bond donors (Lipinski definition) is 0. The first kappa shape index (κ1) is 23.9. The van der Waals surface area contributed by atoms with Crippen LogP contribution in [0.4, 0.5) is 0 Å². The van der Waals surface area contributed by atoms with Crippen molar-refractivity contribution >= 4 is 55.2 Å². The van der Waals surface area contributed by atoms with Crippen molar-refractivity contribution in [2.24, 2.45) is 0 Å². The maximum Gasteiger partial charge on any atom is 0.0541 e. The number of rotatable bonds is 2. The minimum absolute atomic E-state index is 0.239. The molecule has 1 aliphatic carbocycles. The first-order chi connectivity index (χ1) is 20.5. The van der Waals surface area contributed by atoms with Crippen molar-refractivity contribution in [2.75, 3.05) is 0 Å². The topological polar surface area (TPSA) is 9.86 Å². The second-order valence-electron chi connectivity index (χ2n) is 11.9. The number of fused-ring (bicyclic) bond motifs is 9. The first-order valence-electron chi connectivity index (χ1n) is 14.5. The van der Waals surface area contributed by atoms with E-state index in [1.807, 2.05) is 6.07 Å². The fourth-order valence-corrected chi connectivity index (χ4v) is 7.74. The average molecular weight is 559 g/mol. The molecule has 3 heteroatoms. The maximum atomic E-state index is 6.62. The number of hydrogen-bond acceptors (Lipinski definition) is 0. The number of benzene rings is 6. The smallest absolute Gasteiger partial charge is 0.0541 e. The van der Waals surface area contributed by atoms with Crippen molar-refractivity contribution < 1.29 is 0 Å². The van der Waals surface area contributed by atoms with Gasteiger partial charge in [0.15, 0.2) is 0 Å². The highest BCUT2D eigenvalue weighted by Gasteiger charge is 2.39. The summed E-state index contributed by atoms with van der Waals surface area (Å²) in [6.07, 6.45) is 0. The summed E-state index contributed by atoms with van der Waals surface area (Å²) < 4.78 is 4.92. The Morgan fingerprint density at radius 1 is 0.500 bits per heavy atom. The van der Waals surface area contributed by atoms with Crippen LogP contribution in [0.15, 0.2) is 127 Å². The number of halogens is 1. The number of nitrogens with zero attached hydrogens (tertiary/aromatic N) is 2. The Morgan fingerprint density at radius 3 is 1.50 bits per heavy atom. The van der Waals surface area contributed by atoms with Crippen molar-refractivity contribution in [2.45, 2.75) is 19.3 Å². The zero-order chi connectivity index (χ0) is 28.2. The molecule has 0 saturated heterocycles. The molecule has 200 valence electrons. The lowest BCUT2D eigenvalue weighted by Gasteiger charge is -2.26. The zero-order valence-corrected chi connectivity index (χ0v) is 24.2. The summed E-state index contributed by atoms with van der Waals surface area (Å²) in [5.74, 6) is 0. The van der Waals surface area contributed by atoms with Crippen LogP contribution in [-0.4, -0.2) is 9.13 Å². The van der Waals surface area contributed by atoms with E-state index < -0.39 is 0 Å². The molecule has 0 spiro atoms. The number of para-hydroxylation sites is 4. The highest BCUT2D eigenvalue weighted by atomic mass is 35.5. The van der Waals surface area contributed by atoms with Gasteiger partial charge in [0.1, 0.15) is 0 Å².